The van der Waals surface area contributed by atoms with E-state index in [9.17, 15) is 23.1 Å². The van der Waals surface area contributed by atoms with Crippen LogP contribution in [0.3, 0.4) is 0 Å². The molecule has 104 valence electrons. The van der Waals surface area contributed by atoms with E-state index in [2.05, 4.69) is 0 Å². The largest absolute Gasteiger partial charge is 0.481 e. The van der Waals surface area contributed by atoms with Crippen LogP contribution in [-0.4, -0.2) is 55.4 Å². The Balaban J connectivity index is 2.61. The Kier molecular flexibility index (Phi) is 4.37. The molecule has 1 amide bonds. The average molecular weight is 277 g/mol. The third-order valence-corrected chi connectivity index (χ3v) is 4.47. The second-order valence-corrected chi connectivity index (χ2v) is 7.14. The Hall–Kier alpha value is -1.11. The van der Waals surface area contributed by atoms with Crippen LogP contribution in [0.25, 0.3) is 0 Å². The molecular weight excluding hydrogens is 258 g/mol. The molecule has 1 atom stereocenters. The predicted molar refractivity (Wildman–Crippen MR) is 65.9 cm³/mol. The smallest absolute Gasteiger partial charge is 0.311 e. The molecule has 7 heteroatoms. The topological polar surface area (TPSA) is 91.8 Å². The first kappa shape index (κ1) is 14.9. The normalized spacial score (nSPS) is 24.2. The van der Waals surface area contributed by atoms with Gasteiger partial charge in [0.05, 0.1) is 11.2 Å². The number of aliphatic carboxylic acids is 1. The fourth-order valence-corrected chi connectivity index (χ4v) is 2.68. The van der Waals surface area contributed by atoms with Crippen LogP contribution in [0, 0.1) is 5.41 Å². The molecule has 18 heavy (non-hydrogen) atoms. The minimum atomic E-state index is -3.16. The first-order valence-electron chi connectivity index (χ1n) is 5.89. The van der Waals surface area contributed by atoms with Crippen LogP contribution in [0.15, 0.2) is 0 Å². The van der Waals surface area contributed by atoms with Crippen molar-refractivity contribution in [3.63, 3.8) is 0 Å². The van der Waals surface area contributed by atoms with Crippen molar-refractivity contribution in [1.82, 2.24) is 4.90 Å². The van der Waals surface area contributed by atoms with Crippen molar-refractivity contribution >= 4 is 21.7 Å². The lowest BCUT2D eigenvalue weighted by molar-refractivity contribution is -0.148. The number of likely N-dealkylation sites (tertiary alicyclic amines) is 1. The maximum atomic E-state index is 11.8. The highest BCUT2D eigenvalue weighted by molar-refractivity contribution is 7.90. The van der Waals surface area contributed by atoms with Gasteiger partial charge in [-0.15, -0.1) is 0 Å². The average Bonchev–Trinajstić information content (AvgIpc) is 2.70. The number of sulfone groups is 1. The van der Waals surface area contributed by atoms with E-state index in [0.29, 0.717) is 19.4 Å². The van der Waals surface area contributed by atoms with Gasteiger partial charge in [0.1, 0.15) is 9.84 Å². The second-order valence-electron chi connectivity index (χ2n) is 4.88. The summed E-state index contributed by atoms with van der Waals surface area (Å²) in [5.41, 5.74) is -0.860. The molecule has 6 nitrogen and oxygen atoms in total. The molecule has 1 aliphatic heterocycles. The number of carbonyl (C=O) groups excluding carboxylic acids is 1. The van der Waals surface area contributed by atoms with Gasteiger partial charge in [-0.2, -0.15) is 0 Å². The highest BCUT2D eigenvalue weighted by atomic mass is 32.2. The van der Waals surface area contributed by atoms with Crippen molar-refractivity contribution in [3.05, 3.63) is 0 Å². The van der Waals surface area contributed by atoms with Gasteiger partial charge in [0.25, 0.3) is 0 Å². The molecule has 1 unspecified atom stereocenters. The van der Waals surface area contributed by atoms with Gasteiger partial charge in [-0.3, -0.25) is 9.59 Å². The molecule has 0 aromatic heterocycles. The number of carbonyl (C=O) groups is 2. The molecular formula is C11H19NO5S. The van der Waals surface area contributed by atoms with Gasteiger partial charge >= 0.3 is 5.97 Å². The number of nitrogens with zero attached hydrogens (tertiary/aromatic N) is 1. The van der Waals surface area contributed by atoms with E-state index in [-0.39, 0.29) is 24.6 Å². The van der Waals surface area contributed by atoms with E-state index < -0.39 is 21.2 Å². The lowest BCUT2D eigenvalue weighted by Crippen LogP contribution is -2.36. The fourth-order valence-electron chi connectivity index (χ4n) is 2.13. The quantitative estimate of drug-likeness (QED) is 0.771. The molecule has 0 bridgehead atoms. The van der Waals surface area contributed by atoms with Crippen LogP contribution in [-0.2, 0) is 19.4 Å². The lowest BCUT2D eigenvalue weighted by atomic mass is 9.84. The Morgan fingerprint density at radius 3 is 2.39 bits per heavy atom. The van der Waals surface area contributed by atoms with Crippen LogP contribution >= 0.6 is 0 Å². The van der Waals surface area contributed by atoms with Gasteiger partial charge in [0, 0.05) is 25.8 Å². The van der Waals surface area contributed by atoms with Crippen LogP contribution in [0.5, 0.6) is 0 Å². The van der Waals surface area contributed by atoms with E-state index >= 15 is 0 Å². The van der Waals surface area contributed by atoms with E-state index in [4.69, 9.17) is 0 Å². The summed E-state index contributed by atoms with van der Waals surface area (Å²) in [6.07, 6.45) is 1.91. The fraction of sp³-hybridized carbons (Fsp3) is 0.818. The summed E-state index contributed by atoms with van der Waals surface area (Å²) in [7, 11) is -3.16. The van der Waals surface area contributed by atoms with Crippen molar-refractivity contribution in [3.8, 4) is 0 Å². The Morgan fingerprint density at radius 1 is 1.39 bits per heavy atom. The van der Waals surface area contributed by atoms with Crippen LogP contribution in [0.2, 0.25) is 0 Å². The summed E-state index contributed by atoms with van der Waals surface area (Å²) in [5.74, 6) is -1.35. The monoisotopic (exact) mass is 277 g/mol. The highest BCUT2D eigenvalue weighted by Gasteiger charge is 2.44. The Labute approximate surface area is 107 Å². The first-order valence-corrected chi connectivity index (χ1v) is 7.95. The van der Waals surface area contributed by atoms with Gasteiger partial charge in [-0.1, -0.05) is 6.92 Å². The maximum Gasteiger partial charge on any atom is 0.311 e. The summed E-state index contributed by atoms with van der Waals surface area (Å²) in [6.45, 7) is 2.36. The summed E-state index contributed by atoms with van der Waals surface area (Å²) in [4.78, 5) is 24.5. The molecule has 0 aromatic carbocycles. The van der Waals surface area contributed by atoms with E-state index in [1.165, 1.54) is 4.90 Å². The first-order chi connectivity index (χ1) is 8.20. The number of rotatable bonds is 5. The van der Waals surface area contributed by atoms with Crippen LogP contribution < -0.4 is 0 Å². The molecule has 0 radical (unpaired) electrons. The zero-order valence-corrected chi connectivity index (χ0v) is 11.5. The number of carboxylic acids is 1. The van der Waals surface area contributed by atoms with Gasteiger partial charge < -0.3 is 10.0 Å². The molecule has 0 aromatic rings. The maximum absolute atomic E-state index is 11.8. The minimum Gasteiger partial charge on any atom is -0.481 e. The highest BCUT2D eigenvalue weighted by Crippen LogP contribution is 2.34. The molecule has 1 N–H and O–H groups in total. The third-order valence-electron chi connectivity index (χ3n) is 3.52. The van der Waals surface area contributed by atoms with Crippen LogP contribution in [0.1, 0.15) is 26.2 Å². The lowest BCUT2D eigenvalue weighted by Gasteiger charge is -2.23. The van der Waals surface area contributed by atoms with Gasteiger partial charge in [-0.05, 0) is 12.8 Å². The SMILES string of the molecule is CCC1(C(=O)O)CCN(C(=O)CCS(C)(=O)=O)C1. The zero-order valence-electron chi connectivity index (χ0n) is 10.7. The minimum absolute atomic E-state index is 0.0712. The molecule has 0 saturated carbocycles. The molecule has 1 fully saturated rings. The Bertz CT molecular complexity index is 444. The zero-order chi connectivity index (χ0) is 14.0. The summed E-state index contributed by atoms with van der Waals surface area (Å²) < 4.78 is 22.0. The van der Waals surface area contributed by atoms with Gasteiger partial charge in [-0.25, -0.2) is 8.42 Å². The molecule has 0 spiro atoms. The predicted octanol–water partition coefficient (Wildman–Crippen LogP) is 0.134. The van der Waals surface area contributed by atoms with Crippen molar-refractivity contribution in [2.75, 3.05) is 25.1 Å². The van der Waals surface area contributed by atoms with Crippen LogP contribution in [0.4, 0.5) is 0 Å². The number of hydrogen-bond acceptors (Lipinski definition) is 4. The number of hydrogen-bond donors (Lipinski definition) is 1. The summed E-state index contributed by atoms with van der Waals surface area (Å²) >= 11 is 0. The molecule has 1 saturated heterocycles. The van der Waals surface area contributed by atoms with Crippen molar-refractivity contribution in [1.29, 1.82) is 0 Å². The number of amides is 1. The summed E-state index contributed by atoms with van der Waals surface area (Å²) in [5, 5.41) is 9.19. The van der Waals surface area contributed by atoms with E-state index in [1.807, 2.05) is 0 Å². The Morgan fingerprint density at radius 2 is 2.00 bits per heavy atom. The molecule has 1 rings (SSSR count). The summed E-state index contributed by atoms with van der Waals surface area (Å²) in [6, 6.07) is 0. The van der Waals surface area contributed by atoms with Crippen molar-refractivity contribution in [2.24, 2.45) is 5.41 Å². The van der Waals surface area contributed by atoms with Gasteiger partial charge in [0.15, 0.2) is 0 Å². The third kappa shape index (κ3) is 3.44. The standard InChI is InChI=1S/C11H19NO5S/c1-3-11(10(14)15)5-6-12(8-11)9(13)4-7-18(2,16)17/h3-8H2,1-2H3,(H,14,15). The molecule has 1 heterocycles. The number of carboxylic acid groups (broad SMARTS) is 1. The van der Waals surface area contributed by atoms with E-state index in [1.54, 1.807) is 6.92 Å². The van der Waals surface area contributed by atoms with E-state index in [0.717, 1.165) is 6.26 Å². The van der Waals surface area contributed by atoms with Crippen molar-refractivity contribution < 1.29 is 23.1 Å². The molecule has 0 aliphatic carbocycles. The second kappa shape index (κ2) is 5.26. The van der Waals surface area contributed by atoms with Gasteiger partial charge in [0.2, 0.25) is 5.91 Å². The molecule has 1 aliphatic rings. The van der Waals surface area contributed by atoms with Crippen molar-refractivity contribution in [2.45, 2.75) is 26.2 Å².